The third-order valence-corrected chi connectivity index (χ3v) is 4.77. The van der Waals surface area contributed by atoms with E-state index in [9.17, 15) is 10.1 Å². The van der Waals surface area contributed by atoms with Gasteiger partial charge in [0.2, 0.25) is 11.6 Å². The number of aryl methyl sites for hydroxylation is 2. The molecule has 1 aliphatic heterocycles. The second kappa shape index (κ2) is 7.05. The van der Waals surface area contributed by atoms with Crippen LogP contribution in [0.3, 0.4) is 0 Å². The molecule has 1 fully saturated rings. The second-order valence-corrected chi connectivity index (χ2v) is 6.68. The summed E-state index contributed by atoms with van der Waals surface area (Å²) in [6.07, 6.45) is 3.29. The first kappa shape index (κ1) is 16.5. The van der Waals surface area contributed by atoms with Crippen LogP contribution >= 0.6 is 11.3 Å². The summed E-state index contributed by atoms with van der Waals surface area (Å²) in [7, 11) is 0. The lowest BCUT2D eigenvalue weighted by Crippen LogP contribution is -2.20. The molecule has 3 rings (SSSR count). The lowest BCUT2D eigenvalue weighted by molar-refractivity contribution is -0.383. The first-order chi connectivity index (χ1) is 11.5. The first-order valence-corrected chi connectivity index (χ1v) is 8.42. The van der Waals surface area contributed by atoms with Crippen LogP contribution in [0.2, 0.25) is 0 Å². The number of hydrogen-bond acceptors (Lipinski definition) is 9. The summed E-state index contributed by atoms with van der Waals surface area (Å²) in [6, 6.07) is 0. The maximum atomic E-state index is 11.5. The van der Waals surface area contributed by atoms with E-state index >= 15 is 0 Å². The molecular weight excluding hydrogens is 332 g/mol. The van der Waals surface area contributed by atoms with Gasteiger partial charge >= 0.3 is 5.69 Å². The maximum Gasteiger partial charge on any atom is 0.353 e. The van der Waals surface area contributed by atoms with Crippen molar-refractivity contribution in [3.8, 4) is 0 Å². The van der Waals surface area contributed by atoms with Crippen molar-refractivity contribution in [2.24, 2.45) is 0 Å². The summed E-state index contributed by atoms with van der Waals surface area (Å²) in [5.74, 6) is 0.302. The van der Waals surface area contributed by atoms with Crippen LogP contribution in [-0.4, -0.2) is 39.1 Å². The van der Waals surface area contributed by atoms with Crippen molar-refractivity contribution in [2.75, 3.05) is 23.8 Å². The second-order valence-electron chi connectivity index (χ2n) is 5.48. The Hall–Kier alpha value is -2.33. The minimum absolute atomic E-state index is 0.0558. The Kier molecular flexibility index (Phi) is 4.86. The minimum Gasteiger partial charge on any atom is -0.376 e. The average molecular weight is 350 g/mol. The summed E-state index contributed by atoms with van der Waals surface area (Å²) >= 11 is 1.42. The van der Waals surface area contributed by atoms with Gasteiger partial charge in [0.15, 0.2) is 5.13 Å². The molecule has 0 bridgehead atoms. The van der Waals surface area contributed by atoms with Gasteiger partial charge in [-0.2, -0.15) is 0 Å². The zero-order chi connectivity index (χ0) is 17.1. The molecule has 0 amide bonds. The molecule has 128 valence electrons. The number of thiazole rings is 1. The number of nitro groups is 1. The van der Waals surface area contributed by atoms with Gasteiger partial charge in [-0.25, -0.2) is 15.0 Å². The van der Waals surface area contributed by atoms with Crippen LogP contribution in [0, 0.1) is 24.0 Å². The van der Waals surface area contributed by atoms with Gasteiger partial charge in [-0.05, 0) is 26.7 Å². The molecule has 2 aromatic heterocycles. The molecule has 10 heteroatoms. The monoisotopic (exact) mass is 350 g/mol. The molecule has 0 saturated carbocycles. The Bertz CT molecular complexity index is 725. The van der Waals surface area contributed by atoms with E-state index in [0.29, 0.717) is 11.7 Å². The van der Waals surface area contributed by atoms with Crippen molar-refractivity contribution in [3.63, 3.8) is 0 Å². The van der Waals surface area contributed by atoms with Gasteiger partial charge in [0.1, 0.15) is 6.33 Å². The summed E-state index contributed by atoms with van der Waals surface area (Å²) in [4.78, 5) is 24.4. The van der Waals surface area contributed by atoms with Crippen LogP contribution in [0.25, 0.3) is 0 Å². The highest BCUT2D eigenvalue weighted by Gasteiger charge is 2.25. The summed E-state index contributed by atoms with van der Waals surface area (Å²) in [5.41, 5.74) is 0.692. The average Bonchev–Trinajstić information content (AvgIpc) is 3.15. The zero-order valence-electron chi connectivity index (χ0n) is 13.4. The molecular formula is C14H18N6O3S. The molecule has 3 heterocycles. The summed E-state index contributed by atoms with van der Waals surface area (Å²) in [6.45, 7) is 5.04. The van der Waals surface area contributed by atoms with E-state index in [2.05, 4.69) is 25.6 Å². The Morgan fingerprint density at radius 1 is 1.42 bits per heavy atom. The molecule has 0 radical (unpaired) electrons. The van der Waals surface area contributed by atoms with Gasteiger partial charge in [0.05, 0.1) is 16.7 Å². The highest BCUT2D eigenvalue weighted by atomic mass is 32.1. The van der Waals surface area contributed by atoms with Crippen LogP contribution in [0.15, 0.2) is 6.33 Å². The van der Waals surface area contributed by atoms with Crippen molar-refractivity contribution >= 4 is 33.8 Å². The fourth-order valence-corrected chi connectivity index (χ4v) is 3.23. The normalized spacial score (nSPS) is 17.0. The third-order valence-electron chi connectivity index (χ3n) is 3.78. The quantitative estimate of drug-likeness (QED) is 0.603. The highest BCUT2D eigenvalue weighted by molar-refractivity contribution is 7.15. The maximum absolute atomic E-state index is 11.5. The molecule has 0 aliphatic carbocycles. The standard InChI is InChI=1S/C14H18N6O3S/c1-8-9(2)24-14(18-8)19-13-11(20(21)22)12(16-7-17-13)15-6-10-4-3-5-23-10/h7,10H,3-6H2,1-2H3,(H2,15,16,17,18,19). The van der Waals surface area contributed by atoms with E-state index in [0.717, 1.165) is 30.0 Å². The van der Waals surface area contributed by atoms with Gasteiger partial charge in [-0.15, -0.1) is 11.3 Å². The molecule has 1 atom stereocenters. The van der Waals surface area contributed by atoms with Gasteiger partial charge in [-0.3, -0.25) is 10.1 Å². The minimum atomic E-state index is -0.493. The van der Waals surface area contributed by atoms with E-state index in [1.807, 2.05) is 13.8 Å². The van der Waals surface area contributed by atoms with Crippen molar-refractivity contribution in [1.82, 2.24) is 15.0 Å². The molecule has 0 aromatic carbocycles. The van der Waals surface area contributed by atoms with Crippen LogP contribution in [-0.2, 0) is 4.74 Å². The number of nitrogens with one attached hydrogen (secondary N) is 2. The molecule has 1 unspecified atom stereocenters. The SMILES string of the molecule is Cc1nc(Nc2ncnc(NCC3CCCO3)c2[N+](=O)[O-])sc1C. The van der Waals surface area contributed by atoms with Crippen molar-refractivity contribution in [1.29, 1.82) is 0 Å². The van der Waals surface area contributed by atoms with E-state index in [4.69, 9.17) is 4.74 Å². The van der Waals surface area contributed by atoms with Gasteiger partial charge in [0, 0.05) is 18.0 Å². The molecule has 24 heavy (non-hydrogen) atoms. The predicted molar refractivity (Wildman–Crippen MR) is 91.0 cm³/mol. The topological polar surface area (TPSA) is 115 Å². The first-order valence-electron chi connectivity index (χ1n) is 7.60. The molecule has 0 spiro atoms. The largest absolute Gasteiger partial charge is 0.376 e. The molecule has 1 saturated heterocycles. The number of rotatable bonds is 6. The Labute approximate surface area is 142 Å². The van der Waals surface area contributed by atoms with Crippen LogP contribution in [0.1, 0.15) is 23.4 Å². The van der Waals surface area contributed by atoms with Crippen LogP contribution in [0.4, 0.5) is 22.5 Å². The van der Waals surface area contributed by atoms with Crippen molar-refractivity contribution in [3.05, 3.63) is 27.0 Å². The number of anilines is 3. The lowest BCUT2D eigenvalue weighted by atomic mass is 10.2. The highest BCUT2D eigenvalue weighted by Crippen LogP contribution is 2.33. The van der Waals surface area contributed by atoms with E-state index in [-0.39, 0.29) is 23.4 Å². The Morgan fingerprint density at radius 3 is 2.83 bits per heavy atom. The van der Waals surface area contributed by atoms with E-state index in [1.165, 1.54) is 17.7 Å². The van der Waals surface area contributed by atoms with Gasteiger partial charge in [0.25, 0.3) is 0 Å². The van der Waals surface area contributed by atoms with Gasteiger partial charge < -0.3 is 15.4 Å². The molecule has 1 aliphatic rings. The predicted octanol–water partition coefficient (Wildman–Crippen LogP) is 2.79. The molecule has 9 nitrogen and oxygen atoms in total. The molecule has 2 aromatic rings. The van der Waals surface area contributed by atoms with Crippen molar-refractivity contribution < 1.29 is 9.66 Å². The number of hydrogen-bond donors (Lipinski definition) is 2. The zero-order valence-corrected chi connectivity index (χ0v) is 14.2. The summed E-state index contributed by atoms with van der Waals surface area (Å²) in [5, 5.41) is 18.0. The van der Waals surface area contributed by atoms with Crippen LogP contribution in [0.5, 0.6) is 0 Å². The Morgan fingerprint density at radius 2 is 2.21 bits per heavy atom. The summed E-state index contributed by atoms with van der Waals surface area (Å²) < 4.78 is 5.52. The van der Waals surface area contributed by atoms with E-state index < -0.39 is 4.92 Å². The van der Waals surface area contributed by atoms with E-state index in [1.54, 1.807) is 0 Å². The number of nitrogens with zero attached hydrogens (tertiary/aromatic N) is 4. The fraction of sp³-hybridized carbons (Fsp3) is 0.500. The van der Waals surface area contributed by atoms with Crippen molar-refractivity contribution in [2.45, 2.75) is 32.8 Å². The van der Waals surface area contributed by atoms with Crippen LogP contribution < -0.4 is 10.6 Å². The third kappa shape index (κ3) is 3.60. The lowest BCUT2D eigenvalue weighted by Gasteiger charge is -2.12. The number of ether oxygens (including phenoxy) is 1. The smallest absolute Gasteiger partial charge is 0.353 e. The Balaban J connectivity index is 1.82. The van der Waals surface area contributed by atoms with Gasteiger partial charge in [-0.1, -0.05) is 0 Å². The fourth-order valence-electron chi connectivity index (χ4n) is 2.42. The number of aromatic nitrogens is 3. The molecule has 2 N–H and O–H groups in total.